The molecule has 0 aliphatic carbocycles. The first-order chi connectivity index (χ1) is 9.35. The first-order valence-corrected chi connectivity index (χ1v) is 8.24. The van der Waals surface area contributed by atoms with Gasteiger partial charge in [0.25, 0.3) is 0 Å². The van der Waals surface area contributed by atoms with Gasteiger partial charge in [-0.15, -0.1) is 0 Å². The lowest BCUT2D eigenvalue weighted by Gasteiger charge is -2.11. The van der Waals surface area contributed by atoms with E-state index < -0.39 is 16.1 Å². The van der Waals surface area contributed by atoms with Crippen LogP contribution in [0.2, 0.25) is 0 Å². The van der Waals surface area contributed by atoms with Crippen LogP contribution < -0.4 is 9.46 Å². The van der Waals surface area contributed by atoms with Crippen molar-refractivity contribution >= 4 is 10.0 Å². The summed E-state index contributed by atoms with van der Waals surface area (Å²) in [7, 11) is -3.58. The summed E-state index contributed by atoms with van der Waals surface area (Å²) in [5, 5.41) is 9.39. The number of aliphatic hydroxyl groups is 1. The second-order valence-electron chi connectivity index (χ2n) is 5.09. The van der Waals surface area contributed by atoms with Gasteiger partial charge in [-0.3, -0.25) is 0 Å². The lowest BCUT2D eigenvalue weighted by atomic mass is 10.2. The third-order valence-corrected chi connectivity index (χ3v) is 4.14. The first kappa shape index (κ1) is 16.9. The number of benzene rings is 1. The van der Waals surface area contributed by atoms with Crippen LogP contribution in [0.1, 0.15) is 27.2 Å². The third-order valence-electron chi connectivity index (χ3n) is 2.70. The minimum atomic E-state index is -3.58. The summed E-state index contributed by atoms with van der Waals surface area (Å²) in [4.78, 5) is 0.165. The molecule has 0 aliphatic rings. The second-order valence-corrected chi connectivity index (χ2v) is 6.86. The standard InChI is InChI=1S/C14H23NO4S/c1-4-12(16)9-15-20(17,18)14-7-5-13(6-8-14)19-10-11(2)3/h5-8,11-12,15-16H,4,9-10H2,1-3H3. The maximum absolute atomic E-state index is 12.0. The van der Waals surface area contributed by atoms with Crippen molar-refractivity contribution < 1.29 is 18.3 Å². The predicted molar refractivity (Wildman–Crippen MR) is 78.3 cm³/mol. The zero-order valence-corrected chi connectivity index (χ0v) is 13.0. The van der Waals surface area contributed by atoms with Crippen LogP contribution in [0.5, 0.6) is 5.75 Å². The SMILES string of the molecule is CCC(O)CNS(=O)(=O)c1ccc(OCC(C)C)cc1. The van der Waals surface area contributed by atoms with Gasteiger partial charge >= 0.3 is 0 Å². The lowest BCUT2D eigenvalue weighted by molar-refractivity contribution is 0.174. The number of nitrogens with one attached hydrogen (secondary N) is 1. The van der Waals surface area contributed by atoms with Crippen LogP contribution in [-0.2, 0) is 10.0 Å². The van der Waals surface area contributed by atoms with E-state index in [4.69, 9.17) is 4.74 Å². The molecule has 2 N–H and O–H groups in total. The molecule has 6 heteroatoms. The van der Waals surface area contributed by atoms with E-state index in [9.17, 15) is 13.5 Å². The van der Waals surface area contributed by atoms with E-state index in [1.165, 1.54) is 12.1 Å². The summed E-state index contributed by atoms with van der Waals surface area (Å²) in [6.45, 7) is 6.49. The Kier molecular flexibility index (Phi) is 6.45. The molecule has 0 amide bonds. The summed E-state index contributed by atoms with van der Waals surface area (Å²) in [6, 6.07) is 6.26. The van der Waals surface area contributed by atoms with Crippen molar-refractivity contribution in [3.63, 3.8) is 0 Å². The van der Waals surface area contributed by atoms with E-state index in [1.54, 1.807) is 19.1 Å². The lowest BCUT2D eigenvalue weighted by Crippen LogP contribution is -2.31. The molecule has 0 saturated heterocycles. The molecule has 1 atom stereocenters. The van der Waals surface area contributed by atoms with Crippen molar-refractivity contribution in [1.29, 1.82) is 0 Å². The average molecular weight is 301 g/mol. The Morgan fingerprint density at radius 1 is 1.25 bits per heavy atom. The smallest absolute Gasteiger partial charge is 0.240 e. The highest BCUT2D eigenvalue weighted by molar-refractivity contribution is 7.89. The van der Waals surface area contributed by atoms with Crippen LogP contribution in [0.25, 0.3) is 0 Å². The molecule has 20 heavy (non-hydrogen) atoms. The van der Waals surface area contributed by atoms with Crippen molar-refractivity contribution in [3.8, 4) is 5.75 Å². The number of hydrogen-bond acceptors (Lipinski definition) is 4. The van der Waals surface area contributed by atoms with E-state index in [-0.39, 0.29) is 11.4 Å². The fraction of sp³-hybridized carbons (Fsp3) is 0.571. The number of ether oxygens (including phenoxy) is 1. The minimum absolute atomic E-state index is 0.0183. The topological polar surface area (TPSA) is 75.6 Å². The molecule has 5 nitrogen and oxygen atoms in total. The van der Waals surface area contributed by atoms with Crippen LogP contribution in [0.3, 0.4) is 0 Å². The van der Waals surface area contributed by atoms with Crippen LogP contribution in [0, 0.1) is 5.92 Å². The highest BCUT2D eigenvalue weighted by Gasteiger charge is 2.15. The van der Waals surface area contributed by atoms with E-state index in [2.05, 4.69) is 4.72 Å². The van der Waals surface area contributed by atoms with E-state index in [0.29, 0.717) is 24.7 Å². The Bertz CT molecular complexity index is 496. The zero-order valence-electron chi connectivity index (χ0n) is 12.2. The average Bonchev–Trinajstić information content (AvgIpc) is 2.43. The van der Waals surface area contributed by atoms with Crippen LogP contribution in [-0.4, -0.2) is 32.8 Å². The molecule has 0 aliphatic heterocycles. The normalized spacial score (nSPS) is 13.4. The fourth-order valence-electron chi connectivity index (χ4n) is 1.41. The third kappa shape index (κ3) is 5.48. The van der Waals surface area contributed by atoms with Gasteiger partial charge in [-0.1, -0.05) is 20.8 Å². The molecule has 0 fully saturated rings. The largest absolute Gasteiger partial charge is 0.493 e. The second kappa shape index (κ2) is 7.61. The summed E-state index contributed by atoms with van der Waals surface area (Å²) >= 11 is 0. The summed E-state index contributed by atoms with van der Waals surface area (Å²) in [5.74, 6) is 1.06. The number of rotatable bonds is 8. The quantitative estimate of drug-likeness (QED) is 0.767. The summed E-state index contributed by atoms with van der Waals surface area (Å²) in [6.07, 6.45) is -0.164. The number of sulfonamides is 1. The molecule has 1 aromatic rings. The van der Waals surface area contributed by atoms with E-state index in [0.717, 1.165) is 0 Å². The van der Waals surface area contributed by atoms with Gasteiger partial charge in [0.15, 0.2) is 0 Å². The van der Waals surface area contributed by atoms with Gasteiger partial charge in [0.1, 0.15) is 5.75 Å². The van der Waals surface area contributed by atoms with Crippen molar-refractivity contribution in [2.45, 2.75) is 38.2 Å². The van der Waals surface area contributed by atoms with E-state index in [1.807, 2.05) is 13.8 Å². The Morgan fingerprint density at radius 3 is 2.35 bits per heavy atom. The molecule has 0 saturated carbocycles. The summed E-state index contributed by atoms with van der Waals surface area (Å²) < 4.78 is 31.8. The highest BCUT2D eigenvalue weighted by Crippen LogP contribution is 2.16. The maximum Gasteiger partial charge on any atom is 0.240 e. The maximum atomic E-state index is 12.0. The van der Waals surface area contributed by atoms with Crippen molar-refractivity contribution in [2.24, 2.45) is 5.92 Å². The van der Waals surface area contributed by atoms with Gasteiger partial charge in [0, 0.05) is 6.54 Å². The number of hydrogen-bond donors (Lipinski definition) is 2. The van der Waals surface area contributed by atoms with Crippen LogP contribution in [0.15, 0.2) is 29.2 Å². The molecule has 0 bridgehead atoms. The Morgan fingerprint density at radius 2 is 1.85 bits per heavy atom. The molecular weight excluding hydrogens is 278 g/mol. The molecule has 1 aromatic carbocycles. The van der Waals surface area contributed by atoms with Crippen molar-refractivity contribution in [3.05, 3.63) is 24.3 Å². The summed E-state index contributed by atoms with van der Waals surface area (Å²) in [5.41, 5.74) is 0. The van der Waals surface area contributed by atoms with Crippen molar-refractivity contribution in [2.75, 3.05) is 13.2 Å². The zero-order chi connectivity index (χ0) is 15.2. The van der Waals surface area contributed by atoms with Crippen LogP contribution >= 0.6 is 0 Å². The minimum Gasteiger partial charge on any atom is -0.493 e. The van der Waals surface area contributed by atoms with Gasteiger partial charge in [-0.25, -0.2) is 13.1 Å². The highest BCUT2D eigenvalue weighted by atomic mass is 32.2. The Balaban J connectivity index is 2.67. The van der Waals surface area contributed by atoms with E-state index >= 15 is 0 Å². The van der Waals surface area contributed by atoms with Crippen molar-refractivity contribution in [1.82, 2.24) is 4.72 Å². The van der Waals surface area contributed by atoms with Gasteiger partial charge in [0.05, 0.1) is 17.6 Å². The molecule has 1 rings (SSSR count). The molecule has 0 spiro atoms. The molecule has 1 unspecified atom stereocenters. The Labute approximate surface area is 121 Å². The van der Waals surface area contributed by atoms with Crippen LogP contribution in [0.4, 0.5) is 0 Å². The Hall–Kier alpha value is -1.11. The molecule has 0 radical (unpaired) electrons. The monoisotopic (exact) mass is 301 g/mol. The number of aliphatic hydroxyl groups excluding tert-OH is 1. The molecule has 0 aromatic heterocycles. The fourth-order valence-corrected chi connectivity index (χ4v) is 2.48. The molecule has 114 valence electrons. The van der Waals surface area contributed by atoms with Gasteiger partial charge in [-0.2, -0.15) is 0 Å². The molecular formula is C14H23NO4S. The van der Waals surface area contributed by atoms with Gasteiger partial charge in [0.2, 0.25) is 10.0 Å². The molecule has 0 heterocycles. The van der Waals surface area contributed by atoms with Gasteiger partial charge in [-0.05, 0) is 36.6 Å². The first-order valence-electron chi connectivity index (χ1n) is 6.75. The predicted octanol–water partition coefficient (Wildman–Crippen LogP) is 1.77. The van der Waals surface area contributed by atoms with Gasteiger partial charge < -0.3 is 9.84 Å².